The van der Waals surface area contributed by atoms with E-state index in [0.29, 0.717) is 0 Å². The van der Waals surface area contributed by atoms with E-state index >= 15 is 0 Å². The summed E-state index contributed by atoms with van der Waals surface area (Å²) in [4.78, 5) is 11.8. The Morgan fingerprint density at radius 2 is 2.07 bits per heavy atom. The number of alkyl halides is 3. The predicted molar refractivity (Wildman–Crippen MR) is 45.1 cm³/mol. The van der Waals surface area contributed by atoms with Gasteiger partial charge in [0.05, 0.1) is 6.54 Å². The summed E-state index contributed by atoms with van der Waals surface area (Å²) in [6, 6.07) is 0. The highest BCUT2D eigenvalue weighted by Crippen LogP contribution is 2.16. The number of nitrogens with zero attached hydrogens (tertiary/aromatic N) is 1. The second-order valence-corrected chi connectivity index (χ2v) is 2.80. The molecule has 0 aliphatic rings. The lowest BCUT2D eigenvalue weighted by Gasteiger charge is -2.21. The molecule has 0 atom stereocenters. The van der Waals surface area contributed by atoms with Crippen LogP contribution in [0.5, 0.6) is 0 Å². The Morgan fingerprint density at radius 3 is 2.43 bits per heavy atom. The minimum Gasteiger partial charge on any atom is -0.295 e. The van der Waals surface area contributed by atoms with E-state index in [1.807, 2.05) is 5.43 Å². The smallest absolute Gasteiger partial charge is 0.295 e. The van der Waals surface area contributed by atoms with Crippen molar-refractivity contribution < 1.29 is 18.0 Å². The van der Waals surface area contributed by atoms with Crippen LogP contribution >= 0.6 is 0 Å². The van der Waals surface area contributed by atoms with Gasteiger partial charge >= 0.3 is 6.18 Å². The van der Waals surface area contributed by atoms with Crippen molar-refractivity contribution in [1.82, 2.24) is 10.3 Å². The van der Waals surface area contributed by atoms with Crippen molar-refractivity contribution in [2.75, 3.05) is 19.6 Å². The van der Waals surface area contributed by atoms with Gasteiger partial charge in [0.15, 0.2) is 0 Å². The van der Waals surface area contributed by atoms with E-state index in [2.05, 4.69) is 0 Å². The first-order valence-electron chi connectivity index (χ1n) is 4.17. The van der Waals surface area contributed by atoms with Crippen LogP contribution in [-0.2, 0) is 4.79 Å². The third-order valence-corrected chi connectivity index (χ3v) is 1.67. The lowest BCUT2D eigenvalue weighted by molar-refractivity contribution is -0.146. The Bertz CT molecular complexity index is 184. The molecule has 0 aromatic rings. The van der Waals surface area contributed by atoms with Gasteiger partial charge in [-0.1, -0.05) is 6.92 Å². The van der Waals surface area contributed by atoms with E-state index in [0.717, 1.165) is 4.90 Å². The zero-order valence-corrected chi connectivity index (χ0v) is 7.90. The molecule has 0 unspecified atom stereocenters. The van der Waals surface area contributed by atoms with Crippen molar-refractivity contribution in [2.24, 2.45) is 5.84 Å². The molecule has 7 heteroatoms. The lowest BCUT2D eigenvalue weighted by Crippen LogP contribution is -2.38. The monoisotopic (exact) mass is 213 g/mol. The quantitative estimate of drug-likeness (QED) is 0.391. The van der Waals surface area contributed by atoms with Crippen LogP contribution in [0.2, 0.25) is 0 Å². The van der Waals surface area contributed by atoms with Gasteiger partial charge in [-0.2, -0.15) is 13.2 Å². The second-order valence-electron chi connectivity index (χ2n) is 2.80. The standard InChI is InChI=1S/C7H14F3N3O/c1-2-13(5-7(8,9)10)4-3-6(14)12-11/h2-5,11H2,1H3,(H,12,14). The van der Waals surface area contributed by atoms with Crippen LogP contribution in [0.3, 0.4) is 0 Å². The van der Waals surface area contributed by atoms with Crippen molar-refractivity contribution in [1.29, 1.82) is 0 Å². The van der Waals surface area contributed by atoms with Crippen LogP contribution in [-0.4, -0.2) is 36.6 Å². The van der Waals surface area contributed by atoms with E-state index < -0.39 is 18.6 Å². The first-order chi connectivity index (χ1) is 6.39. The molecule has 0 aromatic carbocycles. The molecule has 3 N–H and O–H groups in total. The molecule has 0 saturated heterocycles. The summed E-state index contributed by atoms with van der Waals surface area (Å²) in [5.41, 5.74) is 1.86. The predicted octanol–water partition coefficient (Wildman–Crippen LogP) is 0.251. The number of nitrogens with two attached hydrogens (primary N) is 1. The highest BCUT2D eigenvalue weighted by molar-refractivity contribution is 5.75. The zero-order chi connectivity index (χ0) is 11.2. The third kappa shape index (κ3) is 6.67. The molecule has 0 spiro atoms. The topological polar surface area (TPSA) is 58.4 Å². The molecular weight excluding hydrogens is 199 g/mol. The first kappa shape index (κ1) is 13.2. The second kappa shape index (κ2) is 5.82. The highest BCUT2D eigenvalue weighted by atomic mass is 19.4. The van der Waals surface area contributed by atoms with Crippen molar-refractivity contribution in [3.8, 4) is 0 Å². The van der Waals surface area contributed by atoms with Gasteiger partial charge in [0.1, 0.15) is 0 Å². The summed E-state index contributed by atoms with van der Waals surface area (Å²) in [5, 5.41) is 0. The SMILES string of the molecule is CCN(CCC(=O)NN)CC(F)(F)F. The number of hydrazine groups is 1. The van der Waals surface area contributed by atoms with Gasteiger partial charge in [0.2, 0.25) is 5.91 Å². The average molecular weight is 213 g/mol. The summed E-state index contributed by atoms with van der Waals surface area (Å²) in [6.45, 7) is 0.907. The number of hydrogen-bond acceptors (Lipinski definition) is 3. The fourth-order valence-electron chi connectivity index (χ4n) is 0.934. The van der Waals surface area contributed by atoms with Crippen LogP contribution in [0.25, 0.3) is 0 Å². The first-order valence-corrected chi connectivity index (χ1v) is 4.17. The van der Waals surface area contributed by atoms with Crippen LogP contribution < -0.4 is 11.3 Å². The normalized spacial score (nSPS) is 11.9. The van der Waals surface area contributed by atoms with Crippen LogP contribution in [0, 0.1) is 0 Å². The highest BCUT2D eigenvalue weighted by Gasteiger charge is 2.29. The van der Waals surface area contributed by atoms with Gasteiger partial charge in [-0.25, -0.2) is 5.84 Å². The van der Waals surface area contributed by atoms with Gasteiger partial charge in [0, 0.05) is 13.0 Å². The van der Waals surface area contributed by atoms with Gasteiger partial charge in [-0.15, -0.1) is 0 Å². The summed E-state index contributed by atoms with van der Waals surface area (Å²) < 4.78 is 35.8. The van der Waals surface area contributed by atoms with E-state index in [9.17, 15) is 18.0 Å². The fourth-order valence-corrected chi connectivity index (χ4v) is 0.934. The van der Waals surface area contributed by atoms with E-state index in [1.165, 1.54) is 0 Å². The number of carbonyl (C=O) groups excluding carboxylic acids is 1. The molecule has 0 aromatic heterocycles. The Hall–Kier alpha value is -0.820. The molecule has 0 radical (unpaired) electrons. The van der Waals surface area contributed by atoms with E-state index in [-0.39, 0.29) is 19.5 Å². The van der Waals surface area contributed by atoms with Crippen LogP contribution in [0.4, 0.5) is 13.2 Å². The van der Waals surface area contributed by atoms with E-state index in [1.54, 1.807) is 6.92 Å². The molecule has 0 fully saturated rings. The van der Waals surface area contributed by atoms with Gasteiger partial charge in [-0.05, 0) is 6.54 Å². The molecular formula is C7H14F3N3O. The van der Waals surface area contributed by atoms with Gasteiger partial charge < -0.3 is 0 Å². The Labute approximate surface area is 80.2 Å². The van der Waals surface area contributed by atoms with Gasteiger partial charge in [-0.3, -0.25) is 15.1 Å². The maximum atomic E-state index is 11.9. The molecule has 0 saturated carbocycles. The van der Waals surface area contributed by atoms with E-state index in [4.69, 9.17) is 5.84 Å². The molecule has 0 aliphatic heterocycles. The number of rotatable bonds is 5. The summed E-state index contributed by atoms with van der Waals surface area (Å²) >= 11 is 0. The molecule has 0 aliphatic carbocycles. The molecule has 0 rings (SSSR count). The third-order valence-electron chi connectivity index (χ3n) is 1.67. The molecule has 0 heterocycles. The summed E-state index contributed by atoms with van der Waals surface area (Å²) in [6.07, 6.45) is -4.25. The minimum absolute atomic E-state index is 0.0274. The van der Waals surface area contributed by atoms with Crippen molar-refractivity contribution in [3.05, 3.63) is 0 Å². The number of carbonyl (C=O) groups is 1. The van der Waals surface area contributed by atoms with Gasteiger partial charge in [0.25, 0.3) is 0 Å². The van der Waals surface area contributed by atoms with Crippen LogP contribution in [0.1, 0.15) is 13.3 Å². The fraction of sp³-hybridized carbons (Fsp3) is 0.857. The molecule has 1 amide bonds. The Morgan fingerprint density at radius 1 is 1.50 bits per heavy atom. The molecule has 84 valence electrons. The summed E-state index contributed by atoms with van der Waals surface area (Å²) in [7, 11) is 0. The largest absolute Gasteiger partial charge is 0.401 e. The van der Waals surface area contributed by atoms with Crippen molar-refractivity contribution >= 4 is 5.91 Å². The average Bonchev–Trinajstić information content (AvgIpc) is 2.09. The Kier molecular flexibility index (Phi) is 5.47. The van der Waals surface area contributed by atoms with Crippen molar-refractivity contribution in [2.45, 2.75) is 19.5 Å². The zero-order valence-electron chi connectivity index (χ0n) is 7.90. The number of halogens is 3. The summed E-state index contributed by atoms with van der Waals surface area (Å²) in [5.74, 6) is 4.32. The minimum atomic E-state index is -4.23. The Balaban J connectivity index is 3.86. The number of nitrogens with one attached hydrogen (secondary N) is 1. The molecule has 0 bridgehead atoms. The lowest BCUT2D eigenvalue weighted by atomic mass is 10.3. The molecule has 4 nitrogen and oxygen atoms in total. The van der Waals surface area contributed by atoms with Crippen molar-refractivity contribution in [3.63, 3.8) is 0 Å². The number of hydrogen-bond donors (Lipinski definition) is 2. The maximum absolute atomic E-state index is 11.9. The number of amides is 1. The maximum Gasteiger partial charge on any atom is 0.401 e. The molecule has 14 heavy (non-hydrogen) atoms. The van der Waals surface area contributed by atoms with Crippen LogP contribution in [0.15, 0.2) is 0 Å².